The predicted octanol–water partition coefficient (Wildman–Crippen LogP) is 4.25. The van der Waals surface area contributed by atoms with E-state index in [4.69, 9.17) is 16.3 Å². The highest BCUT2D eigenvalue weighted by Crippen LogP contribution is 2.34. The fourth-order valence-electron chi connectivity index (χ4n) is 2.33. The van der Waals surface area contributed by atoms with Crippen molar-refractivity contribution in [1.29, 1.82) is 0 Å². The van der Waals surface area contributed by atoms with Gasteiger partial charge in [0.1, 0.15) is 0 Å². The summed E-state index contributed by atoms with van der Waals surface area (Å²) in [6, 6.07) is 12.5. The van der Waals surface area contributed by atoms with Gasteiger partial charge in [0, 0.05) is 25.2 Å². The molecule has 0 atom stereocenters. The van der Waals surface area contributed by atoms with Crippen molar-refractivity contribution in [1.82, 2.24) is 0 Å². The molecule has 0 saturated carbocycles. The Morgan fingerprint density at radius 3 is 2.43 bits per heavy atom. The van der Waals surface area contributed by atoms with Gasteiger partial charge in [-0.3, -0.25) is 0 Å². The van der Waals surface area contributed by atoms with Gasteiger partial charge in [0.15, 0.2) is 0 Å². The minimum Gasteiger partial charge on any atom is -0.427 e. The maximum atomic E-state index is 10.2. The zero-order valence-corrected chi connectivity index (χ0v) is 15.4. The molecule has 0 aliphatic heterocycles. The summed E-state index contributed by atoms with van der Waals surface area (Å²) in [6.07, 6.45) is 0. The smallest absolute Gasteiger partial charge is 0.311 e. The molecular weight excluding hydrogens is 327 g/mol. The maximum Gasteiger partial charge on any atom is 0.311 e. The molecule has 23 heavy (non-hydrogen) atoms. The SMILES string of the molecule is CC(C)(O)C(C)(C)OBc1cc2sc3ccccc3c2cc1Cl. The highest BCUT2D eigenvalue weighted by Gasteiger charge is 2.35. The van der Waals surface area contributed by atoms with E-state index in [1.165, 1.54) is 20.2 Å². The summed E-state index contributed by atoms with van der Waals surface area (Å²) in [7, 11) is 0.375. The van der Waals surface area contributed by atoms with Crippen LogP contribution in [0, 0.1) is 0 Å². The topological polar surface area (TPSA) is 29.5 Å². The first-order valence-electron chi connectivity index (χ1n) is 7.65. The lowest BCUT2D eigenvalue weighted by atomic mass is 9.82. The van der Waals surface area contributed by atoms with Crippen LogP contribution in [0.4, 0.5) is 0 Å². The molecule has 0 saturated heterocycles. The first kappa shape index (κ1) is 16.8. The number of thiophene rings is 1. The van der Waals surface area contributed by atoms with Crippen LogP contribution in [0.5, 0.6) is 0 Å². The molecule has 120 valence electrons. The number of rotatable bonds is 4. The van der Waals surface area contributed by atoms with Crippen molar-refractivity contribution in [2.45, 2.75) is 38.9 Å². The Morgan fingerprint density at radius 1 is 1.04 bits per heavy atom. The zero-order chi connectivity index (χ0) is 16.8. The highest BCUT2D eigenvalue weighted by molar-refractivity contribution is 7.25. The first-order valence-corrected chi connectivity index (χ1v) is 8.84. The Bertz CT molecular complexity index is 864. The predicted molar refractivity (Wildman–Crippen MR) is 103 cm³/mol. The molecule has 3 aromatic rings. The Morgan fingerprint density at radius 2 is 1.74 bits per heavy atom. The van der Waals surface area contributed by atoms with E-state index in [0.29, 0.717) is 12.5 Å². The van der Waals surface area contributed by atoms with Gasteiger partial charge < -0.3 is 9.76 Å². The summed E-state index contributed by atoms with van der Waals surface area (Å²) in [5, 5.41) is 13.3. The lowest BCUT2D eigenvalue weighted by molar-refractivity contribution is -0.0893. The number of benzene rings is 2. The minimum atomic E-state index is -0.929. The lowest BCUT2D eigenvalue weighted by Crippen LogP contribution is -2.49. The van der Waals surface area contributed by atoms with Gasteiger partial charge >= 0.3 is 7.48 Å². The van der Waals surface area contributed by atoms with Gasteiger partial charge in [0.25, 0.3) is 0 Å². The summed E-state index contributed by atoms with van der Waals surface area (Å²) in [4.78, 5) is 0. The van der Waals surface area contributed by atoms with Crippen LogP contribution in [0.25, 0.3) is 20.2 Å². The Balaban J connectivity index is 1.96. The summed E-state index contributed by atoms with van der Waals surface area (Å²) >= 11 is 8.23. The Hall–Kier alpha value is -1.07. The second-order valence-corrected chi connectivity index (χ2v) is 8.39. The van der Waals surface area contributed by atoms with Crippen molar-refractivity contribution >= 4 is 56.1 Å². The maximum absolute atomic E-state index is 10.2. The second-order valence-electron chi connectivity index (χ2n) is 6.90. The van der Waals surface area contributed by atoms with E-state index < -0.39 is 11.2 Å². The molecule has 1 N–H and O–H groups in total. The van der Waals surface area contributed by atoms with E-state index in [0.717, 1.165) is 5.46 Å². The standard InChI is InChI=1S/C18H20BClO2S/c1-17(2,21)18(3,4)22-19-13-10-16-12(9-14(13)20)11-7-5-6-8-15(11)23-16/h5-10,19,21H,1-4H3. The third kappa shape index (κ3) is 3.13. The van der Waals surface area contributed by atoms with Gasteiger partial charge in [-0.2, -0.15) is 0 Å². The van der Waals surface area contributed by atoms with Crippen LogP contribution in [-0.4, -0.2) is 23.8 Å². The molecule has 0 bridgehead atoms. The van der Waals surface area contributed by atoms with E-state index in [2.05, 4.69) is 24.3 Å². The summed E-state index contributed by atoms with van der Waals surface area (Å²) in [5.41, 5.74) is -0.643. The number of hydrogen-bond acceptors (Lipinski definition) is 3. The van der Waals surface area contributed by atoms with E-state index in [9.17, 15) is 5.11 Å². The molecule has 0 spiro atoms. The molecule has 5 heteroatoms. The van der Waals surface area contributed by atoms with Crippen LogP contribution >= 0.6 is 22.9 Å². The van der Waals surface area contributed by atoms with Crippen molar-refractivity contribution in [3.8, 4) is 0 Å². The Labute approximate surface area is 146 Å². The van der Waals surface area contributed by atoms with Gasteiger partial charge in [0.05, 0.1) is 11.2 Å². The van der Waals surface area contributed by atoms with Crippen molar-refractivity contribution in [2.24, 2.45) is 0 Å². The number of fused-ring (bicyclic) bond motifs is 3. The van der Waals surface area contributed by atoms with Crippen LogP contribution in [0.15, 0.2) is 36.4 Å². The molecule has 3 rings (SSSR count). The van der Waals surface area contributed by atoms with Gasteiger partial charge in [-0.1, -0.05) is 29.8 Å². The molecule has 0 aliphatic carbocycles. The van der Waals surface area contributed by atoms with E-state index in [-0.39, 0.29) is 0 Å². The van der Waals surface area contributed by atoms with Crippen LogP contribution in [0.2, 0.25) is 5.02 Å². The summed E-state index contributed by atoms with van der Waals surface area (Å²) in [6.45, 7) is 7.28. The second kappa shape index (κ2) is 5.78. The zero-order valence-electron chi connectivity index (χ0n) is 13.8. The summed E-state index contributed by atoms with van der Waals surface area (Å²) in [5.74, 6) is 0. The van der Waals surface area contributed by atoms with E-state index >= 15 is 0 Å². The Kier molecular flexibility index (Phi) is 4.22. The molecule has 0 radical (unpaired) electrons. The quantitative estimate of drug-likeness (QED) is 0.716. The third-order valence-corrected chi connectivity index (χ3v) is 6.09. The molecule has 1 heterocycles. The lowest BCUT2D eigenvalue weighted by Gasteiger charge is -2.37. The fourth-order valence-corrected chi connectivity index (χ4v) is 3.70. The van der Waals surface area contributed by atoms with E-state index in [1.54, 1.807) is 25.2 Å². The largest absolute Gasteiger partial charge is 0.427 e. The number of hydrogen-bond donors (Lipinski definition) is 1. The molecule has 2 nitrogen and oxygen atoms in total. The molecule has 0 unspecified atom stereocenters. The normalized spacial score (nSPS) is 13.0. The molecule has 0 fully saturated rings. The van der Waals surface area contributed by atoms with Crippen molar-refractivity contribution in [3.05, 3.63) is 41.4 Å². The molecule has 1 aromatic heterocycles. The first-order chi connectivity index (χ1) is 10.7. The molecule has 0 amide bonds. The van der Waals surface area contributed by atoms with Crippen LogP contribution in [0.1, 0.15) is 27.7 Å². The third-order valence-electron chi connectivity index (χ3n) is 4.61. The van der Waals surface area contributed by atoms with Crippen LogP contribution in [-0.2, 0) is 4.65 Å². The van der Waals surface area contributed by atoms with Gasteiger partial charge in [-0.15, -0.1) is 11.3 Å². The average Bonchev–Trinajstić information content (AvgIpc) is 2.81. The fraction of sp³-hybridized carbons (Fsp3) is 0.333. The monoisotopic (exact) mass is 346 g/mol. The van der Waals surface area contributed by atoms with Crippen molar-refractivity contribution in [3.63, 3.8) is 0 Å². The van der Waals surface area contributed by atoms with Crippen LogP contribution in [0.3, 0.4) is 0 Å². The van der Waals surface area contributed by atoms with Gasteiger partial charge in [-0.05, 0) is 51.4 Å². The number of halogens is 1. The van der Waals surface area contributed by atoms with Gasteiger partial charge in [-0.25, -0.2) is 0 Å². The van der Waals surface area contributed by atoms with E-state index in [1.807, 2.05) is 26.0 Å². The average molecular weight is 347 g/mol. The van der Waals surface area contributed by atoms with Crippen molar-refractivity contribution < 1.29 is 9.76 Å². The molecular formula is C18H20BClO2S. The minimum absolute atomic E-state index is 0.375. The highest BCUT2D eigenvalue weighted by atomic mass is 35.5. The van der Waals surface area contributed by atoms with Crippen molar-refractivity contribution in [2.75, 3.05) is 0 Å². The van der Waals surface area contributed by atoms with Gasteiger partial charge in [0.2, 0.25) is 0 Å². The molecule has 0 aliphatic rings. The van der Waals surface area contributed by atoms with Crippen LogP contribution < -0.4 is 5.46 Å². The number of aliphatic hydroxyl groups is 1. The summed E-state index contributed by atoms with van der Waals surface area (Å²) < 4.78 is 8.42. The molecule has 2 aromatic carbocycles.